The van der Waals surface area contributed by atoms with Gasteiger partial charge in [-0.3, -0.25) is 0 Å². The second-order valence-electron chi connectivity index (χ2n) is 3.08. The molecule has 0 aliphatic heterocycles. The summed E-state index contributed by atoms with van der Waals surface area (Å²) in [6.07, 6.45) is -4.69. The molecule has 0 bridgehead atoms. The highest BCUT2D eigenvalue weighted by atomic mass is 19.4. The Morgan fingerprint density at radius 2 is 1.87 bits per heavy atom. The largest absolute Gasteiger partial charge is 0.419 e. The summed E-state index contributed by atoms with van der Waals surface area (Å²) in [5, 5.41) is 0. The van der Waals surface area contributed by atoms with Gasteiger partial charge in [0.25, 0.3) is 0 Å². The van der Waals surface area contributed by atoms with Gasteiger partial charge in [-0.25, -0.2) is 4.39 Å². The molecule has 84 valence electrons. The Balaban J connectivity index is 3.09. The van der Waals surface area contributed by atoms with Crippen LogP contribution in [0.3, 0.4) is 0 Å². The highest BCUT2D eigenvalue weighted by molar-refractivity contribution is 5.28. The zero-order chi connectivity index (χ0) is 11.6. The van der Waals surface area contributed by atoms with Crippen molar-refractivity contribution in [2.24, 2.45) is 11.5 Å². The van der Waals surface area contributed by atoms with Gasteiger partial charge in [-0.05, 0) is 17.7 Å². The highest BCUT2D eigenvalue weighted by Crippen LogP contribution is 2.32. The van der Waals surface area contributed by atoms with Gasteiger partial charge in [0, 0.05) is 12.6 Å². The molecule has 15 heavy (non-hydrogen) atoms. The number of halogens is 4. The Hall–Kier alpha value is -1.14. The topological polar surface area (TPSA) is 52.0 Å². The van der Waals surface area contributed by atoms with Crippen LogP contribution in [0.15, 0.2) is 18.2 Å². The van der Waals surface area contributed by atoms with E-state index < -0.39 is 23.6 Å². The Morgan fingerprint density at radius 1 is 1.27 bits per heavy atom. The van der Waals surface area contributed by atoms with E-state index >= 15 is 0 Å². The maximum atomic E-state index is 13.0. The lowest BCUT2D eigenvalue weighted by molar-refractivity contribution is -0.140. The average Bonchev–Trinajstić information content (AvgIpc) is 2.14. The molecular formula is C9H10F4N2. The van der Waals surface area contributed by atoms with Crippen LogP contribution in [0.25, 0.3) is 0 Å². The van der Waals surface area contributed by atoms with Gasteiger partial charge in [-0.15, -0.1) is 0 Å². The van der Waals surface area contributed by atoms with E-state index in [1.54, 1.807) is 0 Å². The van der Waals surface area contributed by atoms with E-state index in [9.17, 15) is 17.6 Å². The average molecular weight is 222 g/mol. The molecule has 2 nitrogen and oxygen atoms in total. The third-order valence-corrected chi connectivity index (χ3v) is 1.98. The predicted octanol–water partition coefficient (Wildman–Crippen LogP) is 1.80. The lowest BCUT2D eigenvalue weighted by Gasteiger charge is -2.12. The smallest absolute Gasteiger partial charge is 0.329 e. The third-order valence-electron chi connectivity index (χ3n) is 1.98. The first-order valence-corrected chi connectivity index (χ1v) is 4.18. The van der Waals surface area contributed by atoms with Crippen molar-refractivity contribution in [3.63, 3.8) is 0 Å². The standard InChI is InChI=1S/C9H10F4N2/c10-7-3-5(8(15)4-14)1-2-6(7)9(11,12)13/h1-3,8H,4,14-15H2/t8-/m1/s1. The summed E-state index contributed by atoms with van der Waals surface area (Å²) in [7, 11) is 0. The molecule has 0 saturated carbocycles. The maximum absolute atomic E-state index is 13.0. The van der Waals surface area contributed by atoms with Crippen LogP contribution in [0.1, 0.15) is 17.2 Å². The summed E-state index contributed by atoms with van der Waals surface area (Å²) in [6, 6.07) is 1.91. The first-order chi connectivity index (χ1) is 6.86. The molecular weight excluding hydrogens is 212 g/mol. The summed E-state index contributed by atoms with van der Waals surface area (Å²) in [6.45, 7) is 0.0464. The van der Waals surface area contributed by atoms with Crippen molar-refractivity contribution >= 4 is 0 Å². The predicted molar refractivity (Wildman–Crippen MR) is 47.4 cm³/mol. The first kappa shape index (κ1) is 11.9. The van der Waals surface area contributed by atoms with E-state index in [2.05, 4.69) is 0 Å². The van der Waals surface area contributed by atoms with Crippen LogP contribution in [0.2, 0.25) is 0 Å². The van der Waals surface area contributed by atoms with Crippen molar-refractivity contribution in [2.45, 2.75) is 12.2 Å². The summed E-state index contributed by atoms with van der Waals surface area (Å²) >= 11 is 0. The van der Waals surface area contributed by atoms with Crippen molar-refractivity contribution in [3.8, 4) is 0 Å². The molecule has 1 aromatic carbocycles. The molecule has 1 atom stereocenters. The molecule has 0 saturated heterocycles. The number of benzene rings is 1. The SMILES string of the molecule is NC[C@@H](N)c1ccc(C(F)(F)F)c(F)c1. The first-order valence-electron chi connectivity index (χ1n) is 4.18. The minimum absolute atomic E-state index is 0.0464. The fourth-order valence-corrected chi connectivity index (χ4v) is 1.13. The summed E-state index contributed by atoms with van der Waals surface area (Å²) in [4.78, 5) is 0. The van der Waals surface area contributed by atoms with Crippen molar-refractivity contribution < 1.29 is 17.6 Å². The van der Waals surface area contributed by atoms with Gasteiger partial charge in [0.1, 0.15) is 5.82 Å². The second kappa shape index (κ2) is 4.16. The van der Waals surface area contributed by atoms with Crippen LogP contribution in [0, 0.1) is 5.82 Å². The van der Waals surface area contributed by atoms with Crippen LogP contribution >= 0.6 is 0 Å². The molecule has 4 N–H and O–H groups in total. The quantitative estimate of drug-likeness (QED) is 0.749. The monoisotopic (exact) mass is 222 g/mol. The Labute approximate surface area is 83.9 Å². The van der Waals surface area contributed by atoms with Gasteiger partial charge in [0.2, 0.25) is 0 Å². The minimum atomic E-state index is -4.69. The number of nitrogens with two attached hydrogens (primary N) is 2. The summed E-state index contributed by atoms with van der Waals surface area (Å²) in [5.74, 6) is -1.33. The van der Waals surface area contributed by atoms with Crippen LogP contribution < -0.4 is 11.5 Å². The van der Waals surface area contributed by atoms with Crippen molar-refractivity contribution in [3.05, 3.63) is 35.1 Å². The van der Waals surface area contributed by atoms with E-state index in [-0.39, 0.29) is 12.1 Å². The molecule has 0 aliphatic rings. The van der Waals surface area contributed by atoms with Crippen molar-refractivity contribution in [2.75, 3.05) is 6.54 Å². The van der Waals surface area contributed by atoms with E-state index in [0.29, 0.717) is 6.07 Å². The number of hydrogen-bond acceptors (Lipinski definition) is 2. The van der Waals surface area contributed by atoms with Crippen molar-refractivity contribution in [1.29, 1.82) is 0 Å². The summed E-state index contributed by atoms with van der Waals surface area (Å²) in [5.41, 5.74) is 9.61. The lowest BCUT2D eigenvalue weighted by atomic mass is 10.0. The molecule has 0 unspecified atom stereocenters. The van der Waals surface area contributed by atoms with Crippen LogP contribution in [-0.4, -0.2) is 6.54 Å². The zero-order valence-electron chi connectivity index (χ0n) is 7.68. The van der Waals surface area contributed by atoms with Gasteiger partial charge in [0.15, 0.2) is 0 Å². The van der Waals surface area contributed by atoms with Crippen molar-refractivity contribution in [1.82, 2.24) is 0 Å². The van der Waals surface area contributed by atoms with E-state index in [0.717, 1.165) is 12.1 Å². The summed E-state index contributed by atoms with van der Waals surface area (Å²) < 4.78 is 49.5. The zero-order valence-corrected chi connectivity index (χ0v) is 7.68. The van der Waals surface area contributed by atoms with E-state index in [4.69, 9.17) is 11.5 Å². The minimum Gasteiger partial charge on any atom is -0.329 e. The van der Waals surface area contributed by atoms with Gasteiger partial charge in [-0.2, -0.15) is 13.2 Å². The number of alkyl halides is 3. The van der Waals surface area contributed by atoms with Gasteiger partial charge >= 0.3 is 6.18 Å². The number of rotatable bonds is 2. The molecule has 0 aromatic heterocycles. The molecule has 0 spiro atoms. The van der Waals surface area contributed by atoms with E-state index in [1.807, 2.05) is 0 Å². The highest BCUT2D eigenvalue weighted by Gasteiger charge is 2.34. The molecule has 1 aromatic rings. The Bertz CT molecular complexity index is 348. The maximum Gasteiger partial charge on any atom is 0.419 e. The molecule has 1 rings (SSSR count). The van der Waals surface area contributed by atoms with Gasteiger partial charge < -0.3 is 11.5 Å². The molecule has 0 aliphatic carbocycles. The second-order valence-corrected chi connectivity index (χ2v) is 3.08. The van der Waals surface area contributed by atoms with Crippen LogP contribution in [0.4, 0.5) is 17.6 Å². The molecule has 0 amide bonds. The fourth-order valence-electron chi connectivity index (χ4n) is 1.13. The molecule has 6 heteroatoms. The normalized spacial score (nSPS) is 14.0. The van der Waals surface area contributed by atoms with Crippen LogP contribution in [-0.2, 0) is 6.18 Å². The Kier molecular flexibility index (Phi) is 3.31. The fraction of sp³-hybridized carbons (Fsp3) is 0.333. The molecule has 0 heterocycles. The third kappa shape index (κ3) is 2.66. The number of hydrogen-bond donors (Lipinski definition) is 2. The molecule has 0 radical (unpaired) electrons. The van der Waals surface area contributed by atoms with E-state index in [1.165, 1.54) is 0 Å². The van der Waals surface area contributed by atoms with Gasteiger partial charge in [0.05, 0.1) is 5.56 Å². The Morgan fingerprint density at radius 3 is 2.27 bits per heavy atom. The lowest BCUT2D eigenvalue weighted by Crippen LogP contribution is -2.21. The molecule has 0 fully saturated rings. The van der Waals surface area contributed by atoms with Crippen LogP contribution in [0.5, 0.6) is 0 Å². The van der Waals surface area contributed by atoms with Gasteiger partial charge in [-0.1, -0.05) is 6.07 Å².